The number of amides is 1. The van der Waals surface area contributed by atoms with Gasteiger partial charge in [-0.1, -0.05) is 6.92 Å². The lowest BCUT2D eigenvalue weighted by Gasteiger charge is -2.35. The molecule has 1 amide bonds. The number of carbonyl (C=O) groups excluding carboxylic acids is 2. The summed E-state index contributed by atoms with van der Waals surface area (Å²) >= 11 is 1.72. The van der Waals surface area contributed by atoms with E-state index in [0.29, 0.717) is 18.7 Å². The van der Waals surface area contributed by atoms with Crippen molar-refractivity contribution in [2.45, 2.75) is 45.8 Å². The van der Waals surface area contributed by atoms with Crippen molar-refractivity contribution >= 4 is 23.6 Å². The SMILES string of the molecule is CCC(=O)C1CSCCN1C(=O)OC(C)(C)C. The zero-order valence-corrected chi connectivity index (χ0v) is 11.8. The fourth-order valence-corrected chi connectivity index (χ4v) is 2.73. The second kappa shape index (κ2) is 5.76. The van der Waals surface area contributed by atoms with Crippen molar-refractivity contribution in [3.8, 4) is 0 Å². The molecule has 1 saturated heterocycles. The second-order valence-electron chi connectivity index (χ2n) is 5.08. The van der Waals surface area contributed by atoms with Gasteiger partial charge in [0.15, 0.2) is 5.78 Å². The highest BCUT2D eigenvalue weighted by Crippen LogP contribution is 2.21. The summed E-state index contributed by atoms with van der Waals surface area (Å²) in [6.07, 6.45) is 0.0921. The van der Waals surface area contributed by atoms with Crippen molar-refractivity contribution in [2.24, 2.45) is 0 Å². The third-order valence-electron chi connectivity index (χ3n) is 2.48. The van der Waals surface area contributed by atoms with E-state index in [1.807, 2.05) is 27.7 Å². The van der Waals surface area contributed by atoms with Crippen LogP contribution in [0.15, 0.2) is 0 Å². The Labute approximate surface area is 107 Å². The summed E-state index contributed by atoms with van der Waals surface area (Å²) in [6.45, 7) is 7.92. The summed E-state index contributed by atoms with van der Waals surface area (Å²) in [5.74, 6) is 1.67. The molecule has 0 saturated carbocycles. The summed E-state index contributed by atoms with van der Waals surface area (Å²) < 4.78 is 5.33. The van der Waals surface area contributed by atoms with Gasteiger partial charge in [-0.25, -0.2) is 4.79 Å². The van der Waals surface area contributed by atoms with E-state index in [1.165, 1.54) is 0 Å². The van der Waals surface area contributed by atoms with Crippen molar-refractivity contribution in [1.82, 2.24) is 4.90 Å². The average Bonchev–Trinajstić information content (AvgIpc) is 2.25. The normalized spacial score (nSPS) is 21.2. The third-order valence-corrected chi connectivity index (χ3v) is 3.50. The van der Waals surface area contributed by atoms with Crippen molar-refractivity contribution in [3.05, 3.63) is 0 Å². The molecule has 17 heavy (non-hydrogen) atoms. The first-order chi connectivity index (χ1) is 7.85. The number of hydrogen-bond donors (Lipinski definition) is 0. The number of hydrogen-bond acceptors (Lipinski definition) is 4. The Morgan fingerprint density at radius 2 is 2.06 bits per heavy atom. The van der Waals surface area contributed by atoms with E-state index in [9.17, 15) is 9.59 Å². The van der Waals surface area contributed by atoms with Crippen LogP contribution in [0.2, 0.25) is 0 Å². The van der Waals surface area contributed by atoms with Gasteiger partial charge in [0, 0.05) is 24.5 Å². The molecule has 1 aliphatic heterocycles. The zero-order valence-electron chi connectivity index (χ0n) is 11.0. The molecule has 0 radical (unpaired) electrons. The van der Waals surface area contributed by atoms with Crippen LogP contribution in [0, 0.1) is 0 Å². The average molecular weight is 259 g/mol. The van der Waals surface area contributed by atoms with E-state index < -0.39 is 5.60 Å². The van der Waals surface area contributed by atoms with Gasteiger partial charge in [0.1, 0.15) is 11.6 Å². The van der Waals surface area contributed by atoms with Crippen LogP contribution in [0.3, 0.4) is 0 Å². The molecule has 0 bridgehead atoms. The lowest BCUT2D eigenvalue weighted by atomic mass is 10.1. The quantitative estimate of drug-likeness (QED) is 0.763. The molecule has 1 rings (SSSR count). The van der Waals surface area contributed by atoms with Crippen molar-refractivity contribution in [2.75, 3.05) is 18.1 Å². The molecule has 0 aromatic rings. The van der Waals surface area contributed by atoms with Gasteiger partial charge >= 0.3 is 6.09 Å². The highest BCUT2D eigenvalue weighted by atomic mass is 32.2. The first-order valence-corrected chi connectivity index (χ1v) is 7.10. The van der Waals surface area contributed by atoms with Gasteiger partial charge in [-0.3, -0.25) is 9.69 Å². The Bertz CT molecular complexity index is 299. The largest absolute Gasteiger partial charge is 0.444 e. The van der Waals surface area contributed by atoms with E-state index in [4.69, 9.17) is 4.74 Å². The molecule has 0 spiro atoms. The first-order valence-electron chi connectivity index (χ1n) is 5.95. The number of nitrogens with zero attached hydrogens (tertiary/aromatic N) is 1. The number of rotatable bonds is 2. The Morgan fingerprint density at radius 1 is 1.41 bits per heavy atom. The number of carbonyl (C=O) groups is 2. The standard InChI is InChI=1S/C12H21NO3S/c1-5-10(14)9-8-17-7-6-13(9)11(15)16-12(2,3)4/h9H,5-8H2,1-4H3. The molecule has 0 aromatic heterocycles. The van der Waals surface area contributed by atoms with Crippen molar-refractivity contribution in [1.29, 1.82) is 0 Å². The number of ether oxygens (including phenoxy) is 1. The van der Waals surface area contributed by atoms with Crippen LogP contribution in [0.4, 0.5) is 4.79 Å². The summed E-state index contributed by atoms with van der Waals surface area (Å²) in [5, 5.41) is 0. The predicted molar refractivity (Wildman–Crippen MR) is 69.4 cm³/mol. The number of ketones is 1. The highest BCUT2D eigenvalue weighted by Gasteiger charge is 2.33. The summed E-state index contributed by atoms with van der Waals surface area (Å²) in [5.41, 5.74) is -0.512. The van der Waals surface area contributed by atoms with Crippen LogP contribution in [-0.2, 0) is 9.53 Å². The van der Waals surface area contributed by atoms with Crippen LogP contribution in [0.5, 0.6) is 0 Å². The Kier molecular flexibility index (Phi) is 4.86. The summed E-state index contributed by atoms with van der Waals surface area (Å²) in [6, 6.07) is -0.311. The lowest BCUT2D eigenvalue weighted by molar-refractivity contribution is -0.123. The van der Waals surface area contributed by atoms with Crippen molar-refractivity contribution < 1.29 is 14.3 Å². The Balaban J connectivity index is 2.71. The molecule has 0 N–H and O–H groups in total. The second-order valence-corrected chi connectivity index (χ2v) is 6.23. The molecule has 1 aliphatic rings. The van der Waals surface area contributed by atoms with E-state index in [-0.39, 0.29) is 17.9 Å². The molecule has 4 nitrogen and oxygen atoms in total. The molecular formula is C12H21NO3S. The predicted octanol–water partition coefficient (Wildman–Crippen LogP) is 2.32. The van der Waals surface area contributed by atoms with Gasteiger partial charge in [0.2, 0.25) is 0 Å². The lowest BCUT2D eigenvalue weighted by Crippen LogP contribution is -2.51. The van der Waals surface area contributed by atoms with Gasteiger partial charge in [0.05, 0.1) is 0 Å². The maximum absolute atomic E-state index is 12.0. The van der Waals surface area contributed by atoms with Crippen LogP contribution < -0.4 is 0 Å². The fourth-order valence-electron chi connectivity index (χ4n) is 1.65. The third kappa shape index (κ3) is 4.22. The minimum Gasteiger partial charge on any atom is -0.444 e. The van der Waals surface area contributed by atoms with E-state index in [1.54, 1.807) is 16.7 Å². The van der Waals surface area contributed by atoms with Gasteiger partial charge in [0.25, 0.3) is 0 Å². The van der Waals surface area contributed by atoms with Gasteiger partial charge < -0.3 is 4.74 Å². The van der Waals surface area contributed by atoms with Crippen LogP contribution in [-0.4, -0.2) is 46.5 Å². The first kappa shape index (κ1) is 14.4. The monoisotopic (exact) mass is 259 g/mol. The van der Waals surface area contributed by atoms with Gasteiger partial charge in [-0.05, 0) is 20.8 Å². The minimum atomic E-state index is -0.512. The number of Topliss-reactive ketones (excluding diaryl/α,β-unsaturated/α-hetero) is 1. The Hall–Kier alpha value is -0.710. The molecule has 1 atom stereocenters. The Morgan fingerprint density at radius 3 is 2.59 bits per heavy atom. The summed E-state index contributed by atoms with van der Waals surface area (Å²) in [7, 11) is 0. The van der Waals surface area contributed by atoms with Gasteiger partial charge in [-0.2, -0.15) is 11.8 Å². The topological polar surface area (TPSA) is 46.6 Å². The van der Waals surface area contributed by atoms with E-state index in [2.05, 4.69) is 0 Å². The molecule has 0 aliphatic carbocycles. The van der Waals surface area contributed by atoms with Crippen LogP contribution in [0.1, 0.15) is 34.1 Å². The maximum atomic E-state index is 12.0. The smallest absolute Gasteiger partial charge is 0.410 e. The number of thioether (sulfide) groups is 1. The molecular weight excluding hydrogens is 238 g/mol. The maximum Gasteiger partial charge on any atom is 0.410 e. The van der Waals surface area contributed by atoms with E-state index >= 15 is 0 Å². The van der Waals surface area contributed by atoms with Gasteiger partial charge in [-0.15, -0.1) is 0 Å². The zero-order chi connectivity index (χ0) is 13.1. The fraction of sp³-hybridized carbons (Fsp3) is 0.833. The van der Waals surface area contributed by atoms with Crippen LogP contribution in [0.25, 0.3) is 0 Å². The molecule has 1 unspecified atom stereocenters. The van der Waals surface area contributed by atoms with Crippen LogP contribution >= 0.6 is 11.8 Å². The molecule has 0 aromatic carbocycles. The molecule has 1 fully saturated rings. The molecule has 98 valence electrons. The minimum absolute atomic E-state index is 0.114. The van der Waals surface area contributed by atoms with Crippen molar-refractivity contribution in [3.63, 3.8) is 0 Å². The summed E-state index contributed by atoms with van der Waals surface area (Å²) in [4.78, 5) is 25.3. The highest BCUT2D eigenvalue weighted by molar-refractivity contribution is 7.99. The molecule has 1 heterocycles. The molecule has 5 heteroatoms. The van der Waals surface area contributed by atoms with E-state index in [0.717, 1.165) is 5.75 Å².